The number of nitrogens with one attached hydrogen (secondary N) is 1. The molecule has 1 saturated carbocycles. The molecule has 2 aliphatic rings. The van der Waals surface area contributed by atoms with Gasteiger partial charge in [-0.15, -0.1) is 0 Å². The molecule has 3 atom stereocenters. The Bertz CT molecular complexity index is 646. The van der Waals surface area contributed by atoms with Crippen molar-refractivity contribution in [1.29, 1.82) is 0 Å². The lowest BCUT2D eigenvalue weighted by Crippen LogP contribution is -2.51. The monoisotopic (exact) mass is 344 g/mol. The zero-order valence-corrected chi connectivity index (χ0v) is 14.2. The molecule has 1 saturated heterocycles. The molecule has 1 aromatic carbocycles. The minimum atomic E-state index is -0.714. The van der Waals surface area contributed by atoms with Crippen molar-refractivity contribution in [2.45, 2.75) is 63.3 Å². The number of Topliss-reactive ketones (excluding diaryl/α,β-unsaturated/α-hetero) is 1. The molecule has 0 radical (unpaired) electrons. The van der Waals surface area contributed by atoms with Crippen LogP contribution in [0.4, 0.5) is 0 Å². The summed E-state index contributed by atoms with van der Waals surface area (Å²) in [5.74, 6) is -1.38. The molecule has 2 amide bonds. The average molecular weight is 344 g/mol. The van der Waals surface area contributed by atoms with Crippen LogP contribution >= 0.6 is 0 Å². The van der Waals surface area contributed by atoms with Gasteiger partial charge in [0.25, 0.3) is 5.91 Å². The maximum Gasteiger partial charge on any atom is 0.289 e. The minimum Gasteiger partial charge on any atom is -0.391 e. The Morgan fingerprint density at radius 3 is 2.56 bits per heavy atom. The second-order valence-corrected chi connectivity index (χ2v) is 6.86. The van der Waals surface area contributed by atoms with Crippen molar-refractivity contribution in [2.75, 3.05) is 0 Å². The molecular weight excluding hydrogens is 320 g/mol. The molecule has 3 rings (SSSR count). The standard InChI is InChI=1S/C19H24N2O4/c22-16-9-5-4-8-14(16)20-19(25)18(24)15-10-11-17(23)21(15)12-13-6-2-1-3-7-13/h1-3,6-7,14-16,22H,4-5,8-12H2,(H,20,25)/t14-,15+,16+/m0/s1. The van der Waals surface area contributed by atoms with Crippen LogP contribution in [0.25, 0.3) is 0 Å². The first-order valence-corrected chi connectivity index (χ1v) is 8.92. The number of benzene rings is 1. The van der Waals surface area contributed by atoms with Crippen molar-refractivity contribution in [3.8, 4) is 0 Å². The van der Waals surface area contributed by atoms with Crippen molar-refractivity contribution >= 4 is 17.6 Å². The first kappa shape index (κ1) is 17.6. The van der Waals surface area contributed by atoms with Gasteiger partial charge in [0, 0.05) is 13.0 Å². The van der Waals surface area contributed by atoms with E-state index in [2.05, 4.69) is 5.32 Å². The van der Waals surface area contributed by atoms with Crippen LogP contribution in [0.15, 0.2) is 30.3 Å². The highest BCUT2D eigenvalue weighted by Crippen LogP contribution is 2.23. The molecule has 0 unspecified atom stereocenters. The van der Waals surface area contributed by atoms with Gasteiger partial charge in [-0.2, -0.15) is 0 Å². The number of hydrogen-bond acceptors (Lipinski definition) is 4. The van der Waals surface area contributed by atoms with Crippen LogP contribution < -0.4 is 5.32 Å². The molecule has 134 valence electrons. The van der Waals surface area contributed by atoms with E-state index in [4.69, 9.17) is 0 Å². The molecule has 1 aromatic rings. The van der Waals surface area contributed by atoms with Gasteiger partial charge in [0.2, 0.25) is 11.7 Å². The van der Waals surface area contributed by atoms with Crippen LogP contribution in [-0.4, -0.2) is 45.8 Å². The number of aliphatic hydroxyl groups excluding tert-OH is 1. The fourth-order valence-corrected chi connectivity index (χ4v) is 3.66. The number of likely N-dealkylation sites (tertiary alicyclic amines) is 1. The van der Waals surface area contributed by atoms with Crippen molar-refractivity contribution in [3.63, 3.8) is 0 Å². The van der Waals surface area contributed by atoms with Gasteiger partial charge in [-0.3, -0.25) is 14.4 Å². The van der Waals surface area contributed by atoms with Gasteiger partial charge in [0.15, 0.2) is 0 Å². The molecule has 1 heterocycles. The van der Waals surface area contributed by atoms with Gasteiger partial charge in [0.1, 0.15) is 6.04 Å². The highest BCUT2D eigenvalue weighted by molar-refractivity contribution is 6.38. The summed E-state index contributed by atoms with van der Waals surface area (Å²) < 4.78 is 0. The third kappa shape index (κ3) is 4.07. The van der Waals surface area contributed by atoms with E-state index in [-0.39, 0.29) is 18.4 Å². The van der Waals surface area contributed by atoms with Crippen LogP contribution in [0.3, 0.4) is 0 Å². The molecule has 2 fully saturated rings. The van der Waals surface area contributed by atoms with E-state index < -0.39 is 23.8 Å². The summed E-state index contributed by atoms with van der Waals surface area (Å²) in [4.78, 5) is 38.6. The van der Waals surface area contributed by atoms with Gasteiger partial charge in [0.05, 0.1) is 12.1 Å². The van der Waals surface area contributed by atoms with Gasteiger partial charge < -0.3 is 15.3 Å². The Labute approximate surface area is 147 Å². The first-order valence-electron chi connectivity index (χ1n) is 8.92. The molecule has 0 bridgehead atoms. The second-order valence-electron chi connectivity index (χ2n) is 6.86. The van der Waals surface area contributed by atoms with Crippen LogP contribution in [0, 0.1) is 0 Å². The normalized spacial score (nSPS) is 26.5. The molecule has 25 heavy (non-hydrogen) atoms. The molecule has 6 heteroatoms. The number of aliphatic hydroxyl groups is 1. The van der Waals surface area contributed by atoms with Crippen molar-refractivity contribution in [3.05, 3.63) is 35.9 Å². The molecule has 2 N–H and O–H groups in total. The van der Waals surface area contributed by atoms with Gasteiger partial charge in [-0.25, -0.2) is 0 Å². The van der Waals surface area contributed by atoms with Gasteiger partial charge in [-0.1, -0.05) is 43.2 Å². The van der Waals surface area contributed by atoms with Crippen molar-refractivity contribution < 1.29 is 19.5 Å². The van der Waals surface area contributed by atoms with E-state index in [9.17, 15) is 19.5 Å². The number of amides is 2. The van der Waals surface area contributed by atoms with E-state index in [0.29, 0.717) is 25.8 Å². The van der Waals surface area contributed by atoms with Crippen molar-refractivity contribution in [2.24, 2.45) is 0 Å². The minimum absolute atomic E-state index is 0.104. The molecule has 1 aliphatic carbocycles. The topological polar surface area (TPSA) is 86.7 Å². The van der Waals surface area contributed by atoms with E-state index in [1.807, 2.05) is 30.3 Å². The Morgan fingerprint density at radius 1 is 1.12 bits per heavy atom. The average Bonchev–Trinajstić information content (AvgIpc) is 2.98. The molecule has 0 aromatic heterocycles. The molecule has 6 nitrogen and oxygen atoms in total. The maximum absolute atomic E-state index is 12.6. The van der Waals surface area contributed by atoms with Gasteiger partial charge in [-0.05, 0) is 24.8 Å². The van der Waals surface area contributed by atoms with E-state index in [0.717, 1.165) is 18.4 Å². The molecule has 0 spiro atoms. The lowest BCUT2D eigenvalue weighted by atomic mass is 9.92. The largest absolute Gasteiger partial charge is 0.391 e. The summed E-state index contributed by atoms with van der Waals surface area (Å²) in [5, 5.41) is 12.6. The van der Waals surface area contributed by atoms with Gasteiger partial charge >= 0.3 is 0 Å². The van der Waals surface area contributed by atoms with E-state index >= 15 is 0 Å². The molecular formula is C19H24N2O4. The Hall–Kier alpha value is -2.21. The lowest BCUT2D eigenvalue weighted by molar-refractivity contribution is -0.143. The predicted octanol–water partition coefficient (Wildman–Crippen LogP) is 1.17. The number of carbonyl (C=O) groups excluding carboxylic acids is 3. The highest BCUT2D eigenvalue weighted by atomic mass is 16.3. The number of nitrogens with zero attached hydrogens (tertiary/aromatic N) is 1. The lowest BCUT2D eigenvalue weighted by Gasteiger charge is -2.29. The zero-order valence-electron chi connectivity index (χ0n) is 14.2. The van der Waals surface area contributed by atoms with E-state index in [1.165, 1.54) is 4.90 Å². The zero-order chi connectivity index (χ0) is 17.8. The summed E-state index contributed by atoms with van der Waals surface area (Å²) in [5.41, 5.74) is 0.929. The Balaban J connectivity index is 1.65. The second kappa shape index (κ2) is 7.78. The number of carbonyl (C=O) groups is 3. The number of rotatable bonds is 5. The summed E-state index contributed by atoms with van der Waals surface area (Å²) in [6.45, 7) is 0.329. The summed E-state index contributed by atoms with van der Waals surface area (Å²) >= 11 is 0. The first-order chi connectivity index (χ1) is 12.1. The third-order valence-corrected chi connectivity index (χ3v) is 5.10. The summed E-state index contributed by atoms with van der Waals surface area (Å²) in [7, 11) is 0. The molecule has 1 aliphatic heterocycles. The van der Waals surface area contributed by atoms with Crippen molar-refractivity contribution in [1.82, 2.24) is 10.2 Å². The summed E-state index contributed by atoms with van der Waals surface area (Å²) in [6, 6.07) is 8.35. The predicted molar refractivity (Wildman–Crippen MR) is 91.4 cm³/mol. The fraction of sp³-hybridized carbons (Fsp3) is 0.526. The Morgan fingerprint density at radius 2 is 1.84 bits per heavy atom. The number of hydrogen-bond donors (Lipinski definition) is 2. The van der Waals surface area contributed by atoms with E-state index in [1.54, 1.807) is 0 Å². The fourth-order valence-electron chi connectivity index (χ4n) is 3.66. The third-order valence-electron chi connectivity index (χ3n) is 5.10. The van der Waals surface area contributed by atoms with Crippen LogP contribution in [-0.2, 0) is 20.9 Å². The van der Waals surface area contributed by atoms with Crippen LogP contribution in [0.5, 0.6) is 0 Å². The summed E-state index contributed by atoms with van der Waals surface area (Å²) in [6.07, 6.45) is 3.23. The highest BCUT2D eigenvalue weighted by Gasteiger charge is 2.39. The Kier molecular flexibility index (Phi) is 5.48. The van der Waals surface area contributed by atoms with Crippen LogP contribution in [0.1, 0.15) is 44.1 Å². The quantitative estimate of drug-likeness (QED) is 0.785. The number of ketones is 1. The van der Waals surface area contributed by atoms with Crippen LogP contribution in [0.2, 0.25) is 0 Å². The SMILES string of the molecule is O=C(N[C@H]1CCCC[C@H]1O)C(=O)[C@H]1CCC(=O)N1Cc1ccccc1. The smallest absolute Gasteiger partial charge is 0.289 e. The maximum atomic E-state index is 12.6.